The van der Waals surface area contributed by atoms with Gasteiger partial charge in [-0.1, -0.05) is 11.6 Å². The summed E-state index contributed by atoms with van der Waals surface area (Å²) < 4.78 is 10.5. The first-order chi connectivity index (χ1) is 16.0. The summed E-state index contributed by atoms with van der Waals surface area (Å²) in [6.07, 6.45) is 4.75. The Bertz CT molecular complexity index is 1150. The second-order valence-electron chi connectivity index (χ2n) is 7.68. The lowest BCUT2D eigenvalue weighted by Crippen LogP contribution is -2.43. The summed E-state index contributed by atoms with van der Waals surface area (Å²) in [6, 6.07) is 8.59. The summed E-state index contributed by atoms with van der Waals surface area (Å²) in [5.74, 6) is 0.127. The van der Waals surface area contributed by atoms with Crippen molar-refractivity contribution >= 4 is 29.1 Å². The van der Waals surface area contributed by atoms with Crippen molar-refractivity contribution in [2.24, 2.45) is 5.92 Å². The molecule has 1 aliphatic rings. The smallest absolute Gasteiger partial charge is 0.271 e. The molecule has 1 fully saturated rings. The van der Waals surface area contributed by atoms with Gasteiger partial charge in [-0.3, -0.25) is 19.7 Å². The quantitative estimate of drug-likeness (QED) is 0.570. The molecule has 1 saturated heterocycles. The minimum absolute atomic E-state index is 0.194. The molecule has 4 rings (SSSR count). The van der Waals surface area contributed by atoms with Crippen LogP contribution in [0, 0.1) is 5.92 Å². The molecule has 3 heterocycles. The van der Waals surface area contributed by atoms with Crippen molar-refractivity contribution in [3.05, 3.63) is 53.4 Å². The minimum atomic E-state index is -0.367. The lowest BCUT2D eigenvalue weighted by atomic mass is 9.96. The Labute approximate surface area is 196 Å². The van der Waals surface area contributed by atoms with E-state index >= 15 is 0 Å². The molecule has 0 bridgehead atoms. The lowest BCUT2D eigenvalue weighted by Gasteiger charge is -2.31. The highest BCUT2D eigenvalue weighted by atomic mass is 35.5. The van der Waals surface area contributed by atoms with E-state index in [4.69, 9.17) is 21.1 Å². The van der Waals surface area contributed by atoms with Gasteiger partial charge in [0, 0.05) is 37.1 Å². The summed E-state index contributed by atoms with van der Waals surface area (Å²) in [5.41, 5.74) is 2.28. The Morgan fingerprint density at radius 3 is 2.76 bits per heavy atom. The average molecular weight is 470 g/mol. The molecular weight excluding hydrogens is 446 g/mol. The summed E-state index contributed by atoms with van der Waals surface area (Å²) in [4.78, 5) is 31.8. The second-order valence-corrected chi connectivity index (χ2v) is 8.08. The number of rotatable bonds is 6. The van der Waals surface area contributed by atoms with Crippen molar-refractivity contribution < 1.29 is 19.1 Å². The lowest BCUT2D eigenvalue weighted by molar-refractivity contribution is -0.121. The van der Waals surface area contributed by atoms with Gasteiger partial charge in [0.2, 0.25) is 5.91 Å². The van der Waals surface area contributed by atoms with Crippen LogP contribution in [0.15, 0.2) is 42.7 Å². The number of carbonyl (C=O) groups excluding carboxylic acids is 2. The number of hydrogen-bond acceptors (Lipinski definition) is 6. The van der Waals surface area contributed by atoms with E-state index in [0.717, 1.165) is 5.56 Å². The number of ether oxygens (including phenoxy) is 2. The largest absolute Gasteiger partial charge is 0.495 e. The molecule has 0 saturated carbocycles. The first kappa shape index (κ1) is 22.6. The fraction of sp³-hybridized carbons (Fsp3) is 0.304. The number of likely N-dealkylation sites (tertiary alicyclic amines) is 1. The van der Waals surface area contributed by atoms with E-state index in [9.17, 15) is 9.59 Å². The third kappa shape index (κ3) is 4.93. The number of carbonyl (C=O) groups is 2. The van der Waals surface area contributed by atoms with E-state index < -0.39 is 0 Å². The molecule has 33 heavy (non-hydrogen) atoms. The van der Waals surface area contributed by atoms with Gasteiger partial charge in [0.15, 0.2) is 0 Å². The Morgan fingerprint density at radius 1 is 1.21 bits per heavy atom. The van der Waals surface area contributed by atoms with Crippen LogP contribution in [0.2, 0.25) is 5.02 Å². The highest BCUT2D eigenvalue weighted by molar-refractivity contribution is 6.32. The Hall–Kier alpha value is -3.59. The zero-order chi connectivity index (χ0) is 23.4. The highest BCUT2D eigenvalue weighted by Gasteiger charge is 2.30. The van der Waals surface area contributed by atoms with Gasteiger partial charge in [-0.05, 0) is 37.1 Å². The van der Waals surface area contributed by atoms with Crippen LogP contribution in [-0.4, -0.2) is 59.2 Å². The fourth-order valence-corrected chi connectivity index (χ4v) is 4.07. The molecule has 9 nitrogen and oxygen atoms in total. The van der Waals surface area contributed by atoms with Gasteiger partial charge in [-0.15, -0.1) is 0 Å². The van der Waals surface area contributed by atoms with Crippen molar-refractivity contribution in [2.75, 3.05) is 32.6 Å². The summed E-state index contributed by atoms with van der Waals surface area (Å²) >= 11 is 6.21. The molecule has 10 heteroatoms. The summed E-state index contributed by atoms with van der Waals surface area (Å²) in [6.45, 7) is 0.875. The zero-order valence-electron chi connectivity index (χ0n) is 18.3. The summed E-state index contributed by atoms with van der Waals surface area (Å²) in [7, 11) is 3.01. The van der Waals surface area contributed by atoms with Gasteiger partial charge in [0.05, 0.1) is 36.5 Å². The van der Waals surface area contributed by atoms with Gasteiger partial charge >= 0.3 is 0 Å². The SMILES string of the molecule is COc1cc(OC)c(NC(=O)C2CCCN(C(=O)c3cc(-c4cccnc4)n[nH]3)C2)cc1Cl. The molecule has 0 radical (unpaired) electrons. The van der Waals surface area contributed by atoms with Crippen LogP contribution in [0.4, 0.5) is 5.69 Å². The van der Waals surface area contributed by atoms with E-state index in [1.54, 1.807) is 35.5 Å². The van der Waals surface area contributed by atoms with Crippen molar-refractivity contribution in [3.63, 3.8) is 0 Å². The predicted molar refractivity (Wildman–Crippen MR) is 124 cm³/mol. The average Bonchev–Trinajstić information content (AvgIpc) is 3.35. The second kappa shape index (κ2) is 9.91. The summed E-state index contributed by atoms with van der Waals surface area (Å²) in [5, 5.41) is 10.3. The molecule has 0 aliphatic carbocycles. The Morgan fingerprint density at radius 2 is 2.03 bits per heavy atom. The molecule has 2 aromatic heterocycles. The topological polar surface area (TPSA) is 109 Å². The molecule has 1 aliphatic heterocycles. The van der Waals surface area contributed by atoms with Gasteiger partial charge in [0.25, 0.3) is 5.91 Å². The molecule has 2 amide bonds. The monoisotopic (exact) mass is 469 g/mol. The fourth-order valence-electron chi connectivity index (χ4n) is 3.83. The van der Waals surface area contributed by atoms with Gasteiger partial charge in [-0.25, -0.2) is 0 Å². The molecule has 172 valence electrons. The normalized spacial score (nSPS) is 15.7. The number of H-pyrrole nitrogens is 1. The standard InChI is InChI=1S/C23H24ClN5O4/c1-32-20-11-21(33-2)18(9-16(20)24)26-22(30)15-6-4-8-29(13-15)23(31)19-10-17(27-28-19)14-5-3-7-25-12-14/h3,5,7,9-12,15H,4,6,8,13H2,1-2H3,(H,26,30)(H,27,28). The number of aromatic amines is 1. The van der Waals surface area contributed by atoms with Gasteiger partial charge in [0.1, 0.15) is 17.2 Å². The number of halogens is 1. The minimum Gasteiger partial charge on any atom is -0.495 e. The van der Waals surface area contributed by atoms with Crippen molar-refractivity contribution in [2.45, 2.75) is 12.8 Å². The molecular formula is C23H24ClN5O4. The van der Waals surface area contributed by atoms with Crippen LogP contribution in [-0.2, 0) is 4.79 Å². The van der Waals surface area contributed by atoms with E-state index in [1.807, 2.05) is 12.1 Å². The number of nitrogens with one attached hydrogen (secondary N) is 2. The number of hydrogen-bond donors (Lipinski definition) is 2. The van der Waals surface area contributed by atoms with Crippen molar-refractivity contribution in [1.82, 2.24) is 20.1 Å². The van der Waals surface area contributed by atoms with Gasteiger partial charge < -0.3 is 19.7 Å². The van der Waals surface area contributed by atoms with Crippen molar-refractivity contribution in [3.8, 4) is 22.8 Å². The number of anilines is 1. The maximum atomic E-state index is 13.0. The van der Waals surface area contributed by atoms with Crippen LogP contribution >= 0.6 is 11.6 Å². The van der Waals surface area contributed by atoms with Crippen LogP contribution in [0.3, 0.4) is 0 Å². The number of benzene rings is 1. The first-order valence-electron chi connectivity index (χ1n) is 10.5. The van der Waals surface area contributed by atoms with Gasteiger partial charge in [-0.2, -0.15) is 5.10 Å². The predicted octanol–water partition coefficient (Wildman–Crippen LogP) is 3.63. The molecule has 2 N–H and O–H groups in total. The van der Waals surface area contributed by atoms with Crippen LogP contribution < -0.4 is 14.8 Å². The number of aromatic nitrogens is 3. The van der Waals surface area contributed by atoms with Crippen molar-refractivity contribution in [1.29, 1.82) is 0 Å². The molecule has 1 atom stereocenters. The Kier molecular flexibility index (Phi) is 6.79. The van der Waals surface area contributed by atoms with E-state index in [0.29, 0.717) is 59.5 Å². The third-order valence-electron chi connectivity index (χ3n) is 5.58. The van der Waals surface area contributed by atoms with Crippen LogP contribution in [0.25, 0.3) is 11.3 Å². The molecule has 1 aromatic carbocycles. The first-order valence-corrected chi connectivity index (χ1v) is 10.9. The third-order valence-corrected chi connectivity index (χ3v) is 5.87. The maximum Gasteiger partial charge on any atom is 0.271 e. The number of nitrogens with zero attached hydrogens (tertiary/aromatic N) is 3. The number of methoxy groups -OCH3 is 2. The zero-order valence-corrected chi connectivity index (χ0v) is 19.1. The maximum absolute atomic E-state index is 13.0. The molecule has 1 unspecified atom stereocenters. The highest BCUT2D eigenvalue weighted by Crippen LogP contribution is 2.36. The van der Waals surface area contributed by atoms with E-state index in [2.05, 4.69) is 20.5 Å². The van der Waals surface area contributed by atoms with E-state index in [-0.39, 0.29) is 17.7 Å². The molecule has 3 aromatic rings. The Balaban J connectivity index is 1.44. The van der Waals surface area contributed by atoms with E-state index in [1.165, 1.54) is 14.2 Å². The number of pyridine rings is 1. The number of amides is 2. The van der Waals surface area contributed by atoms with Crippen LogP contribution in [0.1, 0.15) is 23.3 Å². The number of piperidine rings is 1. The molecule has 0 spiro atoms. The van der Waals surface area contributed by atoms with Crippen LogP contribution in [0.5, 0.6) is 11.5 Å².